The van der Waals surface area contributed by atoms with Gasteiger partial charge >= 0.3 is 6.18 Å². The van der Waals surface area contributed by atoms with Crippen molar-refractivity contribution in [3.8, 4) is 0 Å². The molecule has 1 aliphatic heterocycles. The van der Waals surface area contributed by atoms with Gasteiger partial charge in [0.2, 0.25) is 0 Å². The number of aromatic nitrogens is 2. The minimum Gasteiger partial charge on any atom is -0.321 e. The number of rotatable bonds is 4. The summed E-state index contributed by atoms with van der Waals surface area (Å²) in [6, 6.07) is 6.44. The zero-order valence-corrected chi connectivity index (χ0v) is 14.1. The van der Waals surface area contributed by atoms with Crippen molar-refractivity contribution in [3.63, 3.8) is 0 Å². The molecule has 9 heteroatoms. The van der Waals surface area contributed by atoms with Crippen molar-refractivity contribution in [2.45, 2.75) is 32.0 Å². The number of nitrogens with one attached hydrogen (secondary N) is 3. The standard InChI is InChI=1S/C16H17F3N4O.ClH/c17-16(18,19)6-4-10-2-1-3-11(8-10)21-15(24)14-12-9-20-7-5-13(12)22-23-14;/h1-3,8,20H,4-7,9H2,(H,21,24)(H,22,23);1H. The van der Waals surface area contributed by atoms with Crippen molar-refractivity contribution in [2.24, 2.45) is 0 Å². The van der Waals surface area contributed by atoms with Crippen LogP contribution in [0.2, 0.25) is 0 Å². The van der Waals surface area contributed by atoms with Crippen molar-refractivity contribution >= 4 is 24.0 Å². The van der Waals surface area contributed by atoms with Crippen molar-refractivity contribution in [1.82, 2.24) is 15.5 Å². The van der Waals surface area contributed by atoms with Crippen molar-refractivity contribution in [3.05, 3.63) is 46.8 Å². The van der Waals surface area contributed by atoms with E-state index in [2.05, 4.69) is 20.8 Å². The first-order chi connectivity index (χ1) is 11.4. The smallest absolute Gasteiger partial charge is 0.321 e. The number of hydrogen-bond donors (Lipinski definition) is 3. The molecule has 0 atom stereocenters. The summed E-state index contributed by atoms with van der Waals surface area (Å²) in [6.45, 7) is 1.40. The molecule has 2 heterocycles. The molecule has 1 aromatic heterocycles. The quantitative estimate of drug-likeness (QED) is 0.769. The predicted molar refractivity (Wildman–Crippen MR) is 90.0 cm³/mol. The van der Waals surface area contributed by atoms with E-state index in [4.69, 9.17) is 0 Å². The Hall–Kier alpha value is -2.06. The highest BCUT2D eigenvalue weighted by Gasteiger charge is 2.26. The molecule has 5 nitrogen and oxygen atoms in total. The average Bonchev–Trinajstić information content (AvgIpc) is 2.97. The van der Waals surface area contributed by atoms with Gasteiger partial charge < -0.3 is 10.6 Å². The number of carbonyl (C=O) groups is 1. The Morgan fingerprint density at radius 2 is 2.12 bits per heavy atom. The maximum Gasteiger partial charge on any atom is 0.389 e. The second-order valence-electron chi connectivity index (χ2n) is 5.73. The van der Waals surface area contributed by atoms with Crippen LogP contribution in [0, 0.1) is 0 Å². The Kier molecular flexibility index (Phi) is 6.07. The van der Waals surface area contributed by atoms with Gasteiger partial charge in [-0.25, -0.2) is 0 Å². The zero-order chi connectivity index (χ0) is 17.2. The lowest BCUT2D eigenvalue weighted by Crippen LogP contribution is -2.25. The van der Waals surface area contributed by atoms with Gasteiger partial charge in [-0.15, -0.1) is 12.4 Å². The summed E-state index contributed by atoms with van der Waals surface area (Å²) in [5.74, 6) is -0.371. The summed E-state index contributed by atoms with van der Waals surface area (Å²) in [4.78, 5) is 12.4. The molecular formula is C16H18ClF3N4O. The molecule has 2 aromatic rings. The van der Waals surface area contributed by atoms with Gasteiger partial charge in [-0.1, -0.05) is 12.1 Å². The molecule has 0 spiro atoms. The maximum atomic E-state index is 12.4. The van der Waals surface area contributed by atoms with E-state index in [-0.39, 0.29) is 24.7 Å². The fourth-order valence-corrected chi connectivity index (χ4v) is 2.69. The second-order valence-corrected chi connectivity index (χ2v) is 5.73. The molecule has 0 saturated carbocycles. The van der Waals surface area contributed by atoms with E-state index in [0.29, 0.717) is 23.5 Å². The van der Waals surface area contributed by atoms with E-state index in [1.54, 1.807) is 24.3 Å². The zero-order valence-electron chi connectivity index (χ0n) is 13.2. The summed E-state index contributed by atoms with van der Waals surface area (Å²) in [6.07, 6.45) is -4.42. The number of anilines is 1. The maximum absolute atomic E-state index is 12.4. The average molecular weight is 375 g/mol. The number of halogens is 4. The topological polar surface area (TPSA) is 69.8 Å². The lowest BCUT2D eigenvalue weighted by Gasteiger charge is -2.13. The molecule has 1 aliphatic rings. The van der Waals surface area contributed by atoms with E-state index in [9.17, 15) is 18.0 Å². The van der Waals surface area contributed by atoms with Crippen LogP contribution in [0.3, 0.4) is 0 Å². The first-order valence-electron chi connectivity index (χ1n) is 7.66. The molecule has 1 amide bonds. The molecule has 25 heavy (non-hydrogen) atoms. The van der Waals surface area contributed by atoms with Crippen molar-refractivity contribution < 1.29 is 18.0 Å². The monoisotopic (exact) mass is 374 g/mol. The van der Waals surface area contributed by atoms with Gasteiger partial charge in [-0.2, -0.15) is 18.3 Å². The molecular weight excluding hydrogens is 357 g/mol. The molecule has 0 fully saturated rings. The van der Waals surface area contributed by atoms with Crippen LogP contribution in [0.15, 0.2) is 24.3 Å². The fourth-order valence-electron chi connectivity index (χ4n) is 2.69. The first kappa shape index (κ1) is 19.3. The number of fused-ring (bicyclic) bond motifs is 1. The number of H-pyrrole nitrogens is 1. The van der Waals surface area contributed by atoms with Crippen LogP contribution in [0.25, 0.3) is 0 Å². The number of aromatic amines is 1. The molecule has 0 unspecified atom stereocenters. The Labute approximate surface area is 148 Å². The Morgan fingerprint density at radius 1 is 1.32 bits per heavy atom. The lowest BCUT2D eigenvalue weighted by atomic mass is 10.1. The minimum atomic E-state index is -4.19. The fraction of sp³-hybridized carbons (Fsp3) is 0.375. The van der Waals surface area contributed by atoms with Gasteiger partial charge in [0.25, 0.3) is 5.91 Å². The largest absolute Gasteiger partial charge is 0.389 e. The Morgan fingerprint density at radius 3 is 2.88 bits per heavy atom. The molecule has 0 radical (unpaired) electrons. The van der Waals surface area contributed by atoms with Gasteiger partial charge in [-0.3, -0.25) is 9.89 Å². The third-order valence-electron chi connectivity index (χ3n) is 3.90. The van der Waals surface area contributed by atoms with Crippen LogP contribution in [0.4, 0.5) is 18.9 Å². The Balaban J connectivity index is 0.00000225. The third kappa shape index (κ3) is 4.96. The van der Waals surface area contributed by atoms with Gasteiger partial charge in [0.15, 0.2) is 5.69 Å². The SMILES string of the molecule is Cl.O=C(Nc1cccc(CCC(F)(F)F)c1)c1n[nH]c2c1CNCC2. The number of alkyl halides is 3. The van der Waals surface area contributed by atoms with Crippen molar-refractivity contribution in [1.29, 1.82) is 0 Å². The van der Waals surface area contributed by atoms with Crippen LogP contribution >= 0.6 is 12.4 Å². The number of benzene rings is 1. The number of hydrogen-bond acceptors (Lipinski definition) is 3. The molecule has 3 rings (SSSR count). The van der Waals surface area contributed by atoms with Crippen LogP contribution in [0.1, 0.15) is 33.7 Å². The van der Waals surface area contributed by atoms with Crippen LogP contribution in [0.5, 0.6) is 0 Å². The second kappa shape index (κ2) is 7.88. The highest BCUT2D eigenvalue weighted by Crippen LogP contribution is 2.23. The van der Waals surface area contributed by atoms with Crippen LogP contribution in [-0.2, 0) is 19.4 Å². The van der Waals surface area contributed by atoms with Crippen molar-refractivity contribution in [2.75, 3.05) is 11.9 Å². The number of aryl methyl sites for hydroxylation is 1. The highest BCUT2D eigenvalue weighted by atomic mass is 35.5. The summed E-state index contributed by atoms with van der Waals surface area (Å²) in [5, 5.41) is 12.8. The van der Waals surface area contributed by atoms with E-state index < -0.39 is 12.6 Å². The molecule has 1 aromatic carbocycles. The summed E-state index contributed by atoms with van der Waals surface area (Å²) < 4.78 is 36.9. The van der Waals surface area contributed by atoms with E-state index in [0.717, 1.165) is 24.2 Å². The molecule has 0 bridgehead atoms. The third-order valence-corrected chi connectivity index (χ3v) is 3.90. The summed E-state index contributed by atoms with van der Waals surface area (Å²) >= 11 is 0. The molecule has 3 N–H and O–H groups in total. The predicted octanol–water partition coefficient (Wildman–Crippen LogP) is 3.22. The van der Waals surface area contributed by atoms with Crippen LogP contribution < -0.4 is 10.6 Å². The van der Waals surface area contributed by atoms with Gasteiger partial charge in [0, 0.05) is 42.9 Å². The molecule has 136 valence electrons. The number of nitrogens with zero attached hydrogens (tertiary/aromatic N) is 1. The summed E-state index contributed by atoms with van der Waals surface area (Å²) in [7, 11) is 0. The first-order valence-corrected chi connectivity index (χ1v) is 7.66. The van der Waals surface area contributed by atoms with E-state index >= 15 is 0 Å². The van der Waals surface area contributed by atoms with E-state index in [1.807, 2.05) is 0 Å². The number of amides is 1. The lowest BCUT2D eigenvalue weighted by molar-refractivity contribution is -0.134. The highest BCUT2D eigenvalue weighted by molar-refractivity contribution is 6.04. The van der Waals surface area contributed by atoms with Gasteiger partial charge in [0.1, 0.15) is 0 Å². The van der Waals surface area contributed by atoms with Crippen LogP contribution in [-0.4, -0.2) is 28.8 Å². The van der Waals surface area contributed by atoms with Gasteiger partial charge in [0.05, 0.1) is 0 Å². The number of carbonyl (C=O) groups excluding carboxylic acids is 1. The molecule has 0 aliphatic carbocycles. The Bertz CT molecular complexity index is 745. The normalized spacial score (nSPS) is 13.7. The minimum absolute atomic E-state index is 0. The van der Waals surface area contributed by atoms with E-state index in [1.165, 1.54) is 0 Å². The molecule has 0 saturated heterocycles. The van der Waals surface area contributed by atoms with Gasteiger partial charge in [-0.05, 0) is 24.1 Å². The summed E-state index contributed by atoms with van der Waals surface area (Å²) in [5.41, 5.74) is 3.08.